The molecular formula is C10H16Cl2O4. The molecule has 4 nitrogen and oxygen atoms in total. The molecule has 6 heteroatoms. The highest BCUT2D eigenvalue weighted by atomic mass is 35.5. The van der Waals surface area contributed by atoms with Gasteiger partial charge in [0.2, 0.25) is 0 Å². The summed E-state index contributed by atoms with van der Waals surface area (Å²) in [7, 11) is 0. The van der Waals surface area contributed by atoms with Gasteiger partial charge in [0, 0.05) is 6.42 Å². The topological polar surface area (TPSA) is 52.6 Å². The van der Waals surface area contributed by atoms with Crippen molar-refractivity contribution in [2.24, 2.45) is 0 Å². The van der Waals surface area contributed by atoms with Gasteiger partial charge in [-0.15, -0.1) is 23.2 Å². The summed E-state index contributed by atoms with van der Waals surface area (Å²) in [6.07, 6.45) is 0.0807. The number of esters is 2. The molecule has 0 heterocycles. The lowest BCUT2D eigenvalue weighted by molar-refractivity contribution is -0.149. The zero-order chi connectivity index (χ0) is 12.7. The van der Waals surface area contributed by atoms with Gasteiger partial charge in [0.05, 0.1) is 6.61 Å². The molecule has 0 saturated heterocycles. The van der Waals surface area contributed by atoms with Crippen LogP contribution < -0.4 is 0 Å². The van der Waals surface area contributed by atoms with E-state index >= 15 is 0 Å². The Labute approximate surface area is 105 Å². The van der Waals surface area contributed by atoms with Gasteiger partial charge in [-0.2, -0.15) is 0 Å². The van der Waals surface area contributed by atoms with Crippen LogP contribution in [0.3, 0.4) is 0 Å². The molecule has 0 aromatic rings. The van der Waals surface area contributed by atoms with Crippen molar-refractivity contribution < 1.29 is 19.1 Å². The van der Waals surface area contributed by atoms with E-state index in [1.54, 1.807) is 6.92 Å². The quantitative estimate of drug-likeness (QED) is 0.548. The summed E-state index contributed by atoms with van der Waals surface area (Å²) in [6, 6.07) is 0. The first-order chi connectivity index (χ1) is 7.34. The van der Waals surface area contributed by atoms with Crippen LogP contribution in [0.15, 0.2) is 0 Å². The standard InChI is InChI=1S/C10H16Cl2O4/c1-6(16-10(14)8(3)12)4-5-15-9(13)7(2)11/h6-8H,4-5H2,1-3H3/t6-,7-,8-/m0/s1. The van der Waals surface area contributed by atoms with Crippen molar-refractivity contribution in [3.05, 3.63) is 0 Å². The van der Waals surface area contributed by atoms with Crippen molar-refractivity contribution in [2.45, 2.75) is 44.1 Å². The van der Waals surface area contributed by atoms with Gasteiger partial charge in [-0.25, -0.2) is 0 Å². The van der Waals surface area contributed by atoms with Crippen LogP contribution in [0.5, 0.6) is 0 Å². The number of halogens is 2. The molecule has 0 rings (SSSR count). The molecule has 16 heavy (non-hydrogen) atoms. The van der Waals surface area contributed by atoms with Crippen molar-refractivity contribution in [3.63, 3.8) is 0 Å². The van der Waals surface area contributed by atoms with Gasteiger partial charge in [0.15, 0.2) is 0 Å². The Bertz CT molecular complexity index is 241. The smallest absolute Gasteiger partial charge is 0.324 e. The molecule has 0 aromatic carbocycles. The highest BCUT2D eigenvalue weighted by Gasteiger charge is 2.16. The zero-order valence-electron chi connectivity index (χ0n) is 9.54. The lowest BCUT2D eigenvalue weighted by Crippen LogP contribution is -2.23. The number of ether oxygens (including phenoxy) is 2. The van der Waals surface area contributed by atoms with Gasteiger partial charge in [-0.3, -0.25) is 9.59 Å². The molecule has 0 aliphatic carbocycles. The zero-order valence-corrected chi connectivity index (χ0v) is 11.0. The lowest BCUT2D eigenvalue weighted by Gasteiger charge is -2.14. The van der Waals surface area contributed by atoms with Crippen LogP contribution >= 0.6 is 23.2 Å². The maximum absolute atomic E-state index is 11.1. The lowest BCUT2D eigenvalue weighted by atomic mass is 10.3. The van der Waals surface area contributed by atoms with Crippen LogP contribution in [0, 0.1) is 0 Å². The van der Waals surface area contributed by atoms with Crippen LogP contribution in [0.1, 0.15) is 27.2 Å². The molecule has 0 fully saturated rings. The largest absolute Gasteiger partial charge is 0.464 e. The summed E-state index contributed by atoms with van der Waals surface area (Å²) in [5.41, 5.74) is 0. The molecule has 0 aliphatic rings. The second kappa shape index (κ2) is 7.74. The highest BCUT2D eigenvalue weighted by Crippen LogP contribution is 2.05. The number of hydrogen-bond acceptors (Lipinski definition) is 4. The molecule has 0 aromatic heterocycles. The Balaban J connectivity index is 3.70. The fourth-order valence-corrected chi connectivity index (χ4v) is 0.906. The summed E-state index contributed by atoms with van der Waals surface area (Å²) in [6.45, 7) is 4.93. The van der Waals surface area contributed by atoms with Crippen LogP contribution in [0.4, 0.5) is 0 Å². The maximum Gasteiger partial charge on any atom is 0.324 e. The molecule has 0 radical (unpaired) electrons. The molecular weight excluding hydrogens is 255 g/mol. The maximum atomic E-state index is 11.1. The fourth-order valence-electron chi connectivity index (χ4n) is 0.791. The van der Waals surface area contributed by atoms with E-state index in [1.807, 2.05) is 0 Å². The number of carbonyl (C=O) groups is 2. The Morgan fingerprint density at radius 1 is 1.06 bits per heavy atom. The van der Waals surface area contributed by atoms with E-state index in [2.05, 4.69) is 0 Å². The molecule has 0 bridgehead atoms. The first-order valence-electron chi connectivity index (χ1n) is 4.99. The van der Waals surface area contributed by atoms with Crippen LogP contribution in [0.2, 0.25) is 0 Å². The second-order valence-corrected chi connectivity index (χ2v) is 4.74. The van der Waals surface area contributed by atoms with Gasteiger partial charge in [0.1, 0.15) is 16.9 Å². The summed E-state index contributed by atoms with van der Waals surface area (Å²) in [4.78, 5) is 22.0. The predicted molar refractivity (Wildman–Crippen MR) is 61.8 cm³/mol. The predicted octanol–water partition coefficient (Wildman–Crippen LogP) is 2.11. The number of alkyl halides is 2. The Hall–Kier alpha value is -0.480. The van der Waals surface area contributed by atoms with Gasteiger partial charge in [-0.1, -0.05) is 0 Å². The average molecular weight is 271 g/mol. The fraction of sp³-hybridized carbons (Fsp3) is 0.800. The Kier molecular flexibility index (Phi) is 7.51. The number of carbonyl (C=O) groups excluding carboxylic acids is 2. The summed E-state index contributed by atoms with van der Waals surface area (Å²) < 4.78 is 9.78. The third-order valence-electron chi connectivity index (χ3n) is 1.74. The van der Waals surface area contributed by atoms with E-state index in [4.69, 9.17) is 32.7 Å². The second-order valence-electron chi connectivity index (χ2n) is 3.44. The van der Waals surface area contributed by atoms with Crippen molar-refractivity contribution in [2.75, 3.05) is 6.61 Å². The summed E-state index contributed by atoms with van der Waals surface area (Å²) in [5.74, 6) is -0.961. The third-order valence-corrected chi connectivity index (χ3v) is 2.09. The van der Waals surface area contributed by atoms with E-state index in [0.717, 1.165) is 0 Å². The molecule has 0 spiro atoms. The average Bonchev–Trinajstić information content (AvgIpc) is 2.16. The highest BCUT2D eigenvalue weighted by molar-refractivity contribution is 6.29. The molecule has 94 valence electrons. The van der Waals surface area contributed by atoms with E-state index in [-0.39, 0.29) is 12.7 Å². The van der Waals surface area contributed by atoms with Gasteiger partial charge in [-0.05, 0) is 20.8 Å². The van der Waals surface area contributed by atoms with Crippen LogP contribution in [0.25, 0.3) is 0 Å². The Morgan fingerprint density at radius 3 is 2.00 bits per heavy atom. The molecule has 0 N–H and O–H groups in total. The van der Waals surface area contributed by atoms with Gasteiger partial charge >= 0.3 is 11.9 Å². The summed E-state index contributed by atoms with van der Waals surface area (Å²) in [5, 5.41) is -1.34. The molecule has 0 saturated carbocycles. The van der Waals surface area contributed by atoms with Crippen molar-refractivity contribution in [1.29, 1.82) is 0 Å². The van der Waals surface area contributed by atoms with Crippen molar-refractivity contribution in [3.8, 4) is 0 Å². The minimum atomic E-state index is -0.673. The van der Waals surface area contributed by atoms with Gasteiger partial charge in [0.25, 0.3) is 0 Å². The monoisotopic (exact) mass is 270 g/mol. The van der Waals surface area contributed by atoms with Crippen LogP contribution in [-0.2, 0) is 19.1 Å². The Morgan fingerprint density at radius 2 is 1.56 bits per heavy atom. The molecule has 0 unspecified atom stereocenters. The van der Waals surface area contributed by atoms with Crippen molar-refractivity contribution >= 4 is 35.1 Å². The summed E-state index contributed by atoms with van der Waals surface area (Å²) >= 11 is 11.0. The van der Waals surface area contributed by atoms with E-state index < -0.39 is 22.7 Å². The number of rotatable bonds is 6. The normalized spacial score (nSPS) is 16.1. The minimum absolute atomic E-state index is 0.168. The first kappa shape index (κ1) is 15.5. The SMILES string of the molecule is C[C@H](Cl)C(=O)OCC[C@H](C)OC(=O)[C@H](C)Cl. The van der Waals surface area contributed by atoms with Crippen LogP contribution in [-0.4, -0.2) is 35.4 Å². The van der Waals surface area contributed by atoms with Crippen molar-refractivity contribution in [1.82, 2.24) is 0 Å². The third kappa shape index (κ3) is 6.90. The van der Waals surface area contributed by atoms with E-state index in [9.17, 15) is 9.59 Å². The van der Waals surface area contributed by atoms with Gasteiger partial charge < -0.3 is 9.47 Å². The first-order valence-corrected chi connectivity index (χ1v) is 5.87. The minimum Gasteiger partial charge on any atom is -0.464 e. The van der Waals surface area contributed by atoms with E-state index in [1.165, 1.54) is 13.8 Å². The molecule has 0 amide bonds. The molecule has 0 aliphatic heterocycles. The van der Waals surface area contributed by atoms with E-state index in [0.29, 0.717) is 6.42 Å². The number of hydrogen-bond donors (Lipinski definition) is 0. The molecule has 3 atom stereocenters.